The van der Waals surface area contributed by atoms with Crippen LogP contribution >= 0.6 is 23.1 Å². The van der Waals surface area contributed by atoms with Gasteiger partial charge in [-0.05, 0) is 41.6 Å². The maximum absolute atomic E-state index is 13.2. The van der Waals surface area contributed by atoms with Crippen LogP contribution in [0.15, 0.2) is 40.7 Å². The van der Waals surface area contributed by atoms with Crippen molar-refractivity contribution in [2.24, 2.45) is 0 Å². The highest BCUT2D eigenvalue weighted by Gasteiger charge is 2.14. The zero-order valence-electron chi connectivity index (χ0n) is 13.1. The Hall–Kier alpha value is -1.71. The zero-order chi connectivity index (χ0) is 18.0. The molecule has 0 radical (unpaired) electrons. The fraction of sp³-hybridized carbons (Fsp3) is 0.188. The first-order valence-electron chi connectivity index (χ1n) is 7.33. The number of sulfonamides is 1. The van der Waals surface area contributed by atoms with E-state index in [0.29, 0.717) is 11.8 Å². The quantitative estimate of drug-likeness (QED) is 0.613. The van der Waals surface area contributed by atoms with E-state index in [4.69, 9.17) is 0 Å². The molecule has 132 valence electrons. The summed E-state index contributed by atoms with van der Waals surface area (Å²) in [5.74, 6) is -1.22. The molecule has 0 fully saturated rings. The van der Waals surface area contributed by atoms with Gasteiger partial charge in [0.05, 0.1) is 21.7 Å². The summed E-state index contributed by atoms with van der Waals surface area (Å²) in [6.07, 6.45) is 0. The molecule has 0 unspecified atom stereocenters. The molecule has 3 rings (SSSR count). The normalized spacial score (nSPS) is 11.8. The molecule has 1 heterocycles. The van der Waals surface area contributed by atoms with Gasteiger partial charge in [-0.25, -0.2) is 22.2 Å². The Morgan fingerprint density at radius 3 is 2.56 bits per heavy atom. The summed E-state index contributed by atoms with van der Waals surface area (Å²) < 4.78 is 55.2. The van der Waals surface area contributed by atoms with Gasteiger partial charge in [-0.3, -0.25) is 4.72 Å². The number of thioether (sulfide) groups is 1. The zero-order valence-corrected chi connectivity index (χ0v) is 15.6. The summed E-state index contributed by atoms with van der Waals surface area (Å²) >= 11 is 3.11. The second kappa shape index (κ2) is 7.27. The molecule has 0 aliphatic carbocycles. The minimum absolute atomic E-state index is 0.0468. The van der Waals surface area contributed by atoms with E-state index < -0.39 is 27.4 Å². The molecular weight excluding hydrogens is 386 g/mol. The van der Waals surface area contributed by atoms with Gasteiger partial charge in [0.2, 0.25) is 10.0 Å². The summed E-state index contributed by atoms with van der Waals surface area (Å²) in [6, 6.07) is 7.77. The van der Waals surface area contributed by atoms with Crippen molar-refractivity contribution in [2.75, 3.05) is 10.5 Å². The first-order chi connectivity index (χ1) is 11.8. The molecule has 0 bridgehead atoms. The third-order valence-corrected chi connectivity index (χ3v) is 6.49. The summed E-state index contributed by atoms with van der Waals surface area (Å²) in [7, 11) is -3.80. The molecule has 3 aromatic rings. The van der Waals surface area contributed by atoms with Crippen LogP contribution in [0.1, 0.15) is 12.5 Å². The number of hydrogen-bond acceptors (Lipinski definition) is 5. The van der Waals surface area contributed by atoms with Crippen LogP contribution in [-0.4, -0.2) is 19.2 Å². The van der Waals surface area contributed by atoms with E-state index in [2.05, 4.69) is 9.71 Å². The van der Waals surface area contributed by atoms with E-state index in [1.54, 1.807) is 30.0 Å². The van der Waals surface area contributed by atoms with Crippen LogP contribution in [0.2, 0.25) is 0 Å². The Bertz CT molecular complexity index is 999. The minimum atomic E-state index is -3.80. The Kier molecular flexibility index (Phi) is 5.26. The fourth-order valence-electron chi connectivity index (χ4n) is 2.28. The maximum Gasteiger partial charge on any atom is 0.236 e. The SMILES string of the molecule is CCSc1nc2ccc(NS(=O)(=O)Cc3cc(F)cc(F)c3)cc2s1. The van der Waals surface area contributed by atoms with Crippen molar-refractivity contribution >= 4 is 49.0 Å². The number of fused-ring (bicyclic) bond motifs is 1. The first kappa shape index (κ1) is 18.1. The molecule has 9 heteroatoms. The second-order valence-electron chi connectivity index (χ2n) is 5.23. The lowest BCUT2D eigenvalue weighted by atomic mass is 10.2. The highest BCUT2D eigenvalue weighted by Crippen LogP contribution is 2.31. The van der Waals surface area contributed by atoms with Gasteiger partial charge in [0.15, 0.2) is 4.34 Å². The highest BCUT2D eigenvalue weighted by atomic mass is 32.2. The monoisotopic (exact) mass is 400 g/mol. The molecule has 1 N–H and O–H groups in total. The maximum atomic E-state index is 13.2. The molecule has 0 saturated heterocycles. The number of halogens is 2. The number of anilines is 1. The van der Waals surface area contributed by atoms with E-state index in [1.165, 1.54) is 11.3 Å². The smallest absolute Gasteiger partial charge is 0.236 e. The Labute approximate surface area is 152 Å². The van der Waals surface area contributed by atoms with Gasteiger partial charge in [0.1, 0.15) is 11.6 Å². The van der Waals surface area contributed by atoms with E-state index in [-0.39, 0.29) is 5.56 Å². The molecule has 0 aliphatic heterocycles. The van der Waals surface area contributed by atoms with Gasteiger partial charge in [-0.15, -0.1) is 11.3 Å². The van der Waals surface area contributed by atoms with Gasteiger partial charge in [0.25, 0.3) is 0 Å². The van der Waals surface area contributed by atoms with Crippen molar-refractivity contribution in [1.29, 1.82) is 0 Å². The molecule has 25 heavy (non-hydrogen) atoms. The molecule has 0 aliphatic rings. The van der Waals surface area contributed by atoms with Gasteiger partial charge in [0, 0.05) is 6.07 Å². The standard InChI is InChI=1S/C16H14F2N2O2S3/c1-2-23-16-19-14-4-3-13(8-15(14)24-16)20-25(21,22)9-10-5-11(17)7-12(18)6-10/h3-8,20H,2,9H2,1H3. The van der Waals surface area contributed by atoms with Crippen molar-refractivity contribution in [3.05, 3.63) is 53.6 Å². The van der Waals surface area contributed by atoms with E-state index in [9.17, 15) is 17.2 Å². The van der Waals surface area contributed by atoms with Crippen LogP contribution in [-0.2, 0) is 15.8 Å². The van der Waals surface area contributed by atoms with E-state index in [0.717, 1.165) is 32.4 Å². The topological polar surface area (TPSA) is 59.1 Å². The third-order valence-electron chi connectivity index (χ3n) is 3.19. The average molecular weight is 400 g/mol. The lowest BCUT2D eigenvalue weighted by molar-refractivity contribution is 0.579. The van der Waals surface area contributed by atoms with Gasteiger partial charge in [-0.2, -0.15) is 0 Å². The molecule has 4 nitrogen and oxygen atoms in total. The van der Waals surface area contributed by atoms with Crippen LogP contribution in [0.25, 0.3) is 10.2 Å². The van der Waals surface area contributed by atoms with Gasteiger partial charge >= 0.3 is 0 Å². The Morgan fingerprint density at radius 1 is 1.16 bits per heavy atom. The minimum Gasteiger partial charge on any atom is -0.283 e. The van der Waals surface area contributed by atoms with Gasteiger partial charge < -0.3 is 0 Å². The first-order valence-corrected chi connectivity index (χ1v) is 10.8. The lowest BCUT2D eigenvalue weighted by Crippen LogP contribution is -2.15. The lowest BCUT2D eigenvalue weighted by Gasteiger charge is -2.08. The Balaban J connectivity index is 1.81. The molecule has 0 saturated carbocycles. The van der Waals surface area contributed by atoms with Crippen LogP contribution < -0.4 is 4.72 Å². The number of nitrogens with one attached hydrogen (secondary N) is 1. The van der Waals surface area contributed by atoms with Crippen molar-refractivity contribution in [3.8, 4) is 0 Å². The van der Waals surface area contributed by atoms with Crippen molar-refractivity contribution in [1.82, 2.24) is 4.98 Å². The number of hydrogen-bond donors (Lipinski definition) is 1. The largest absolute Gasteiger partial charge is 0.283 e. The van der Waals surface area contributed by atoms with E-state index in [1.807, 2.05) is 6.92 Å². The number of benzene rings is 2. The molecule has 0 amide bonds. The second-order valence-corrected chi connectivity index (χ2v) is 9.50. The van der Waals surface area contributed by atoms with Crippen molar-refractivity contribution < 1.29 is 17.2 Å². The molecule has 2 aromatic carbocycles. The summed E-state index contributed by atoms with van der Waals surface area (Å²) in [5, 5.41) is 0. The predicted molar refractivity (Wildman–Crippen MR) is 98.6 cm³/mol. The Morgan fingerprint density at radius 2 is 1.88 bits per heavy atom. The van der Waals surface area contributed by atoms with Crippen LogP contribution in [0.3, 0.4) is 0 Å². The number of rotatable bonds is 6. The van der Waals surface area contributed by atoms with Crippen LogP contribution in [0.4, 0.5) is 14.5 Å². The molecule has 0 spiro atoms. The molecule has 1 aromatic heterocycles. The number of nitrogens with zero attached hydrogens (tertiary/aromatic N) is 1. The molecular formula is C16H14F2N2O2S3. The number of thiazole rings is 1. The van der Waals surface area contributed by atoms with Crippen LogP contribution in [0.5, 0.6) is 0 Å². The molecule has 0 atom stereocenters. The van der Waals surface area contributed by atoms with Crippen LogP contribution in [0, 0.1) is 11.6 Å². The van der Waals surface area contributed by atoms with E-state index >= 15 is 0 Å². The van der Waals surface area contributed by atoms with Crippen molar-refractivity contribution in [3.63, 3.8) is 0 Å². The van der Waals surface area contributed by atoms with Gasteiger partial charge in [-0.1, -0.05) is 18.7 Å². The summed E-state index contributed by atoms with van der Waals surface area (Å²) in [6.45, 7) is 2.03. The highest BCUT2D eigenvalue weighted by molar-refractivity contribution is 8.01. The third kappa shape index (κ3) is 4.68. The average Bonchev–Trinajstić information content (AvgIpc) is 2.87. The van der Waals surface area contributed by atoms with Crippen molar-refractivity contribution in [2.45, 2.75) is 17.0 Å². The summed E-state index contributed by atoms with van der Waals surface area (Å²) in [4.78, 5) is 4.45. The summed E-state index contributed by atoms with van der Waals surface area (Å²) in [5.41, 5.74) is 1.24. The predicted octanol–water partition coefficient (Wildman–Crippen LogP) is 4.63. The fourth-order valence-corrected chi connectivity index (χ4v) is 5.45. The number of aromatic nitrogens is 1.